The van der Waals surface area contributed by atoms with E-state index in [1.165, 1.54) is 4.90 Å². The zero-order valence-electron chi connectivity index (χ0n) is 11.3. The molecule has 1 aliphatic rings. The quantitative estimate of drug-likeness (QED) is 0.824. The number of aromatic nitrogens is 1. The van der Waals surface area contributed by atoms with Crippen LogP contribution in [0.5, 0.6) is 0 Å². The second kappa shape index (κ2) is 6.34. The van der Waals surface area contributed by atoms with Crippen LogP contribution in [0.15, 0.2) is 24.5 Å². The van der Waals surface area contributed by atoms with Crippen LogP contribution >= 0.6 is 0 Å². The molecular weight excluding hydrogens is 276 g/mol. The van der Waals surface area contributed by atoms with E-state index in [1.54, 1.807) is 24.5 Å². The highest BCUT2D eigenvalue weighted by atomic mass is 16.4. The van der Waals surface area contributed by atoms with Crippen molar-refractivity contribution in [3.63, 3.8) is 0 Å². The Balaban J connectivity index is 2.03. The van der Waals surface area contributed by atoms with Crippen LogP contribution in [0.4, 0.5) is 0 Å². The van der Waals surface area contributed by atoms with Gasteiger partial charge >= 0.3 is 11.9 Å². The lowest BCUT2D eigenvalue weighted by Gasteiger charge is -2.34. The number of carbonyl (C=O) groups is 3. The first-order valence-corrected chi connectivity index (χ1v) is 6.61. The Labute approximate surface area is 121 Å². The highest BCUT2D eigenvalue weighted by molar-refractivity contribution is 5.83. The normalized spacial score (nSPS) is 21.8. The van der Waals surface area contributed by atoms with Gasteiger partial charge in [0.15, 0.2) is 0 Å². The molecule has 1 aromatic rings. The molecule has 21 heavy (non-hydrogen) atoms. The Morgan fingerprint density at radius 3 is 2.33 bits per heavy atom. The summed E-state index contributed by atoms with van der Waals surface area (Å²) in [5.41, 5.74) is 0.794. The molecule has 2 heterocycles. The Morgan fingerprint density at radius 1 is 1.14 bits per heavy atom. The summed E-state index contributed by atoms with van der Waals surface area (Å²) in [7, 11) is 0. The van der Waals surface area contributed by atoms with Crippen LogP contribution in [-0.4, -0.2) is 51.0 Å². The van der Waals surface area contributed by atoms with Crippen molar-refractivity contribution in [2.45, 2.75) is 12.8 Å². The lowest BCUT2D eigenvalue weighted by atomic mass is 9.85. The molecule has 1 saturated heterocycles. The van der Waals surface area contributed by atoms with Crippen molar-refractivity contribution in [3.05, 3.63) is 30.1 Å². The SMILES string of the molecule is O=C(O)C1CCN(C(=O)Cc2ccncc2)CC1C(=O)O. The second-order valence-corrected chi connectivity index (χ2v) is 5.05. The molecule has 7 nitrogen and oxygen atoms in total. The van der Waals surface area contributed by atoms with Crippen LogP contribution in [0.3, 0.4) is 0 Å². The minimum Gasteiger partial charge on any atom is -0.481 e. The van der Waals surface area contributed by atoms with Crippen molar-refractivity contribution < 1.29 is 24.6 Å². The zero-order valence-corrected chi connectivity index (χ0v) is 11.3. The van der Waals surface area contributed by atoms with Gasteiger partial charge < -0.3 is 15.1 Å². The van der Waals surface area contributed by atoms with Gasteiger partial charge in [0.1, 0.15) is 0 Å². The predicted octanol–water partition coefficient (Wildman–Crippen LogP) is 0.258. The van der Waals surface area contributed by atoms with E-state index in [2.05, 4.69) is 4.98 Å². The van der Waals surface area contributed by atoms with Crippen molar-refractivity contribution in [3.8, 4) is 0 Å². The van der Waals surface area contributed by atoms with Gasteiger partial charge in [0.2, 0.25) is 5.91 Å². The number of likely N-dealkylation sites (tertiary alicyclic amines) is 1. The standard InChI is InChI=1S/C14H16N2O5/c17-12(7-9-1-4-15-5-2-9)16-6-3-10(13(18)19)11(8-16)14(20)21/h1-2,4-5,10-11H,3,6-8H2,(H,18,19)(H,20,21). The van der Waals surface area contributed by atoms with Gasteiger partial charge in [-0.25, -0.2) is 0 Å². The van der Waals surface area contributed by atoms with E-state index in [0.717, 1.165) is 5.56 Å². The summed E-state index contributed by atoms with van der Waals surface area (Å²) in [4.78, 5) is 39.7. The lowest BCUT2D eigenvalue weighted by Crippen LogP contribution is -2.49. The summed E-state index contributed by atoms with van der Waals surface area (Å²) in [6.45, 7) is 0.209. The maximum absolute atomic E-state index is 12.2. The Bertz CT molecular complexity index is 546. The molecule has 1 aliphatic heterocycles. The Kier molecular flexibility index (Phi) is 4.52. The molecule has 2 rings (SSSR count). The van der Waals surface area contributed by atoms with Crippen molar-refractivity contribution in [2.24, 2.45) is 11.8 Å². The third-order valence-electron chi connectivity index (χ3n) is 3.70. The summed E-state index contributed by atoms with van der Waals surface area (Å²) in [5.74, 6) is -4.49. The fraction of sp³-hybridized carbons (Fsp3) is 0.429. The summed E-state index contributed by atoms with van der Waals surface area (Å²) in [5, 5.41) is 18.2. The van der Waals surface area contributed by atoms with Crippen LogP contribution in [0, 0.1) is 11.8 Å². The van der Waals surface area contributed by atoms with Gasteiger partial charge in [-0.3, -0.25) is 19.4 Å². The highest BCUT2D eigenvalue weighted by Crippen LogP contribution is 2.24. The Morgan fingerprint density at radius 2 is 1.76 bits per heavy atom. The molecule has 1 fully saturated rings. The number of pyridine rings is 1. The van der Waals surface area contributed by atoms with Crippen molar-refractivity contribution >= 4 is 17.8 Å². The number of piperidine rings is 1. The molecule has 112 valence electrons. The molecule has 0 aliphatic carbocycles. The molecule has 0 saturated carbocycles. The molecule has 0 radical (unpaired) electrons. The minimum absolute atomic E-state index is 0.0593. The van der Waals surface area contributed by atoms with Gasteiger partial charge in [0.25, 0.3) is 0 Å². The first-order chi connectivity index (χ1) is 9.99. The molecule has 0 bridgehead atoms. The third kappa shape index (κ3) is 3.56. The number of carboxylic acid groups (broad SMARTS) is 2. The number of carbonyl (C=O) groups excluding carboxylic acids is 1. The first-order valence-electron chi connectivity index (χ1n) is 6.61. The highest BCUT2D eigenvalue weighted by Gasteiger charge is 2.39. The van der Waals surface area contributed by atoms with Crippen molar-refractivity contribution in [1.29, 1.82) is 0 Å². The second-order valence-electron chi connectivity index (χ2n) is 5.05. The Hall–Kier alpha value is -2.44. The topological polar surface area (TPSA) is 108 Å². The van der Waals surface area contributed by atoms with E-state index in [9.17, 15) is 14.4 Å². The van der Waals surface area contributed by atoms with Gasteiger partial charge in [0, 0.05) is 25.5 Å². The number of amides is 1. The zero-order chi connectivity index (χ0) is 15.4. The van der Waals surface area contributed by atoms with E-state index in [0.29, 0.717) is 0 Å². The predicted molar refractivity (Wildman–Crippen MR) is 71.4 cm³/mol. The summed E-state index contributed by atoms with van der Waals surface area (Å²) >= 11 is 0. The molecule has 0 spiro atoms. The van der Waals surface area contributed by atoms with Crippen LogP contribution in [-0.2, 0) is 20.8 Å². The van der Waals surface area contributed by atoms with E-state index in [-0.39, 0.29) is 31.8 Å². The molecule has 1 aromatic heterocycles. The number of carboxylic acids is 2. The molecular formula is C14H16N2O5. The van der Waals surface area contributed by atoms with E-state index < -0.39 is 23.8 Å². The monoisotopic (exact) mass is 292 g/mol. The number of hydrogen-bond acceptors (Lipinski definition) is 4. The first kappa shape index (κ1) is 15.0. The van der Waals surface area contributed by atoms with Gasteiger partial charge in [0.05, 0.1) is 18.3 Å². The van der Waals surface area contributed by atoms with Crippen LogP contribution in [0.2, 0.25) is 0 Å². The minimum atomic E-state index is -1.18. The van der Waals surface area contributed by atoms with Crippen molar-refractivity contribution in [1.82, 2.24) is 9.88 Å². The summed E-state index contributed by atoms with van der Waals surface area (Å²) in [6, 6.07) is 3.44. The maximum atomic E-state index is 12.2. The van der Waals surface area contributed by atoms with Gasteiger partial charge in [-0.2, -0.15) is 0 Å². The van der Waals surface area contributed by atoms with Gasteiger partial charge in [-0.1, -0.05) is 0 Å². The van der Waals surface area contributed by atoms with Crippen molar-refractivity contribution in [2.75, 3.05) is 13.1 Å². The maximum Gasteiger partial charge on any atom is 0.309 e. The molecule has 2 N–H and O–H groups in total. The molecule has 0 aromatic carbocycles. The lowest BCUT2D eigenvalue weighted by molar-refractivity contribution is -0.159. The van der Waals surface area contributed by atoms with Crippen LogP contribution < -0.4 is 0 Å². The molecule has 2 atom stereocenters. The van der Waals surface area contributed by atoms with E-state index in [4.69, 9.17) is 10.2 Å². The fourth-order valence-electron chi connectivity index (χ4n) is 2.51. The molecule has 1 amide bonds. The van der Waals surface area contributed by atoms with Gasteiger partial charge in [-0.15, -0.1) is 0 Å². The summed E-state index contributed by atoms with van der Waals surface area (Å²) < 4.78 is 0. The molecule has 2 unspecified atom stereocenters. The fourth-order valence-corrected chi connectivity index (χ4v) is 2.51. The van der Waals surface area contributed by atoms with Crippen LogP contribution in [0.25, 0.3) is 0 Å². The third-order valence-corrected chi connectivity index (χ3v) is 3.70. The smallest absolute Gasteiger partial charge is 0.309 e. The number of hydrogen-bond donors (Lipinski definition) is 2. The molecule has 7 heteroatoms. The average Bonchev–Trinajstić information content (AvgIpc) is 2.47. The van der Waals surface area contributed by atoms with Gasteiger partial charge in [-0.05, 0) is 24.1 Å². The number of aliphatic carboxylic acids is 2. The average molecular weight is 292 g/mol. The van der Waals surface area contributed by atoms with Crippen LogP contribution in [0.1, 0.15) is 12.0 Å². The summed E-state index contributed by atoms with van der Waals surface area (Å²) in [6.07, 6.45) is 3.49. The van der Waals surface area contributed by atoms with E-state index in [1.807, 2.05) is 0 Å². The number of nitrogens with zero attached hydrogens (tertiary/aromatic N) is 2. The van der Waals surface area contributed by atoms with E-state index >= 15 is 0 Å². The number of rotatable bonds is 4. The largest absolute Gasteiger partial charge is 0.481 e.